The summed E-state index contributed by atoms with van der Waals surface area (Å²) >= 11 is 0. The number of benzene rings is 9. The van der Waals surface area contributed by atoms with Gasteiger partial charge in [-0.15, -0.1) is 0 Å². The standard InChI is InChI=1S/C52H32N2/c1-3-13-38(14-4-1)53-48-21-10-9-19-42(48)44-29-33(22-25-49(44)53)34-23-26-50-45(30-34)46-31-35(24-27-51(46)54(50)39-15-5-2-6-16-39)37-28-36-12-11-20-43-40-17-7-8-18-41(40)47(32-37)52(36)43/h1-32H. The predicted molar refractivity (Wildman–Crippen MR) is 228 cm³/mol. The molecule has 0 unspecified atom stereocenters. The van der Waals surface area contributed by atoms with Gasteiger partial charge in [0.25, 0.3) is 0 Å². The summed E-state index contributed by atoms with van der Waals surface area (Å²) in [6.07, 6.45) is 0. The number of rotatable bonds is 4. The van der Waals surface area contributed by atoms with Crippen molar-refractivity contribution in [3.8, 4) is 55.9 Å². The van der Waals surface area contributed by atoms with Crippen molar-refractivity contribution in [3.05, 3.63) is 194 Å². The molecule has 11 aromatic rings. The fourth-order valence-corrected chi connectivity index (χ4v) is 9.23. The van der Waals surface area contributed by atoms with E-state index >= 15 is 0 Å². The van der Waals surface area contributed by atoms with Crippen LogP contribution >= 0.6 is 0 Å². The zero-order chi connectivity index (χ0) is 35.3. The lowest BCUT2D eigenvalue weighted by molar-refractivity contribution is 1.18. The lowest BCUT2D eigenvalue weighted by atomic mass is 9.95. The van der Waals surface area contributed by atoms with E-state index in [0.29, 0.717) is 0 Å². The van der Waals surface area contributed by atoms with Gasteiger partial charge in [-0.25, -0.2) is 0 Å². The van der Waals surface area contributed by atoms with Crippen molar-refractivity contribution in [1.29, 1.82) is 0 Å². The highest BCUT2D eigenvalue weighted by Gasteiger charge is 2.22. The Morgan fingerprint density at radius 2 is 0.722 bits per heavy atom. The molecular formula is C52H32N2. The number of para-hydroxylation sites is 3. The van der Waals surface area contributed by atoms with Crippen molar-refractivity contribution in [1.82, 2.24) is 9.13 Å². The third-order valence-corrected chi connectivity index (χ3v) is 11.6. The third-order valence-electron chi connectivity index (χ3n) is 11.6. The Morgan fingerprint density at radius 3 is 1.33 bits per heavy atom. The molecule has 2 heteroatoms. The molecule has 0 saturated carbocycles. The molecule has 0 spiro atoms. The van der Waals surface area contributed by atoms with Crippen molar-refractivity contribution in [2.45, 2.75) is 0 Å². The van der Waals surface area contributed by atoms with Crippen LogP contribution in [0.15, 0.2) is 194 Å². The first kappa shape index (κ1) is 29.4. The fourth-order valence-electron chi connectivity index (χ4n) is 9.23. The summed E-state index contributed by atoms with van der Waals surface area (Å²) in [6.45, 7) is 0. The van der Waals surface area contributed by atoms with Crippen LogP contribution in [0.25, 0.3) is 110 Å². The van der Waals surface area contributed by atoms with Gasteiger partial charge >= 0.3 is 0 Å². The van der Waals surface area contributed by atoms with Crippen LogP contribution in [0.1, 0.15) is 0 Å². The lowest BCUT2D eigenvalue weighted by Gasteiger charge is -2.10. The van der Waals surface area contributed by atoms with E-state index in [1.807, 2.05) is 0 Å². The molecule has 250 valence electrons. The predicted octanol–water partition coefficient (Wildman–Crippen LogP) is 14.0. The maximum absolute atomic E-state index is 2.41. The second kappa shape index (κ2) is 11.2. The molecule has 12 rings (SSSR count). The molecule has 2 aromatic heterocycles. The van der Waals surface area contributed by atoms with Crippen molar-refractivity contribution >= 4 is 54.4 Å². The van der Waals surface area contributed by atoms with Gasteiger partial charge in [0, 0.05) is 32.9 Å². The maximum atomic E-state index is 2.41. The highest BCUT2D eigenvalue weighted by molar-refractivity contribution is 6.17. The molecule has 0 atom stereocenters. The highest BCUT2D eigenvalue weighted by Crippen LogP contribution is 2.49. The van der Waals surface area contributed by atoms with E-state index in [9.17, 15) is 0 Å². The summed E-state index contributed by atoms with van der Waals surface area (Å²) in [7, 11) is 0. The van der Waals surface area contributed by atoms with Gasteiger partial charge in [0.15, 0.2) is 0 Å². The SMILES string of the molecule is c1ccc(-n2c3ccccc3c3cc(-c4ccc5c(c4)c4cc(-c6cc7c8c(cccc8c6)-c6ccccc6-7)ccc4n5-c4ccccc4)ccc32)cc1. The van der Waals surface area contributed by atoms with Crippen LogP contribution in [0.5, 0.6) is 0 Å². The van der Waals surface area contributed by atoms with E-state index in [1.165, 1.54) is 105 Å². The smallest absolute Gasteiger partial charge is 0.0541 e. The van der Waals surface area contributed by atoms with E-state index in [-0.39, 0.29) is 0 Å². The Labute approximate surface area is 312 Å². The molecule has 0 fully saturated rings. The molecule has 1 aliphatic carbocycles. The van der Waals surface area contributed by atoms with Gasteiger partial charge in [-0.05, 0) is 134 Å². The van der Waals surface area contributed by atoms with Crippen LogP contribution < -0.4 is 0 Å². The molecular weight excluding hydrogens is 653 g/mol. The Balaban J connectivity index is 1.07. The Bertz CT molecular complexity index is 3310. The summed E-state index contributed by atoms with van der Waals surface area (Å²) in [6, 6.07) is 71.5. The molecule has 2 nitrogen and oxygen atoms in total. The minimum atomic E-state index is 1.16. The van der Waals surface area contributed by atoms with Crippen LogP contribution in [0, 0.1) is 0 Å². The van der Waals surface area contributed by atoms with Crippen LogP contribution in [-0.4, -0.2) is 9.13 Å². The van der Waals surface area contributed by atoms with E-state index in [4.69, 9.17) is 0 Å². The van der Waals surface area contributed by atoms with Gasteiger partial charge < -0.3 is 9.13 Å². The Kier molecular flexibility index (Phi) is 6.09. The molecule has 0 N–H and O–H groups in total. The topological polar surface area (TPSA) is 9.86 Å². The van der Waals surface area contributed by atoms with Crippen molar-refractivity contribution in [2.75, 3.05) is 0 Å². The third kappa shape index (κ3) is 4.17. The zero-order valence-electron chi connectivity index (χ0n) is 29.4. The average molecular weight is 685 g/mol. The summed E-state index contributed by atoms with van der Waals surface area (Å²) in [4.78, 5) is 0. The summed E-state index contributed by atoms with van der Waals surface area (Å²) in [5, 5.41) is 7.67. The van der Waals surface area contributed by atoms with Gasteiger partial charge in [-0.2, -0.15) is 0 Å². The Morgan fingerprint density at radius 1 is 0.259 bits per heavy atom. The second-order valence-corrected chi connectivity index (χ2v) is 14.5. The normalized spacial score (nSPS) is 12.1. The van der Waals surface area contributed by atoms with E-state index < -0.39 is 0 Å². The molecule has 2 heterocycles. The van der Waals surface area contributed by atoms with Crippen LogP contribution in [0.2, 0.25) is 0 Å². The van der Waals surface area contributed by atoms with Crippen LogP contribution in [0.4, 0.5) is 0 Å². The first-order valence-electron chi connectivity index (χ1n) is 18.7. The van der Waals surface area contributed by atoms with Gasteiger partial charge in [-0.3, -0.25) is 0 Å². The van der Waals surface area contributed by atoms with Crippen LogP contribution in [0.3, 0.4) is 0 Å². The number of hydrogen-bond donors (Lipinski definition) is 0. The molecule has 1 aliphatic rings. The minimum absolute atomic E-state index is 1.16. The van der Waals surface area contributed by atoms with Gasteiger partial charge in [0.1, 0.15) is 0 Å². The number of hydrogen-bond acceptors (Lipinski definition) is 0. The Hall–Kier alpha value is -7.16. The number of nitrogens with zero attached hydrogens (tertiary/aromatic N) is 2. The molecule has 0 aliphatic heterocycles. The summed E-state index contributed by atoms with van der Waals surface area (Å²) in [5.74, 6) is 0. The van der Waals surface area contributed by atoms with E-state index in [1.54, 1.807) is 0 Å². The first-order chi connectivity index (χ1) is 26.8. The average Bonchev–Trinajstić information content (AvgIpc) is 3.87. The first-order valence-corrected chi connectivity index (χ1v) is 18.7. The molecule has 0 radical (unpaired) electrons. The van der Waals surface area contributed by atoms with Crippen LogP contribution in [-0.2, 0) is 0 Å². The lowest BCUT2D eigenvalue weighted by Crippen LogP contribution is -1.93. The molecule has 54 heavy (non-hydrogen) atoms. The molecule has 0 saturated heterocycles. The molecule has 0 bridgehead atoms. The van der Waals surface area contributed by atoms with Gasteiger partial charge in [0.05, 0.1) is 22.1 Å². The molecule has 9 aromatic carbocycles. The van der Waals surface area contributed by atoms with E-state index in [2.05, 4.69) is 203 Å². The minimum Gasteiger partial charge on any atom is -0.309 e. The maximum Gasteiger partial charge on any atom is 0.0541 e. The van der Waals surface area contributed by atoms with Gasteiger partial charge in [0.2, 0.25) is 0 Å². The largest absolute Gasteiger partial charge is 0.309 e. The summed E-state index contributed by atoms with van der Waals surface area (Å²) < 4.78 is 4.79. The monoisotopic (exact) mass is 684 g/mol. The highest BCUT2D eigenvalue weighted by atomic mass is 15.0. The second-order valence-electron chi connectivity index (χ2n) is 14.5. The van der Waals surface area contributed by atoms with Crippen molar-refractivity contribution in [3.63, 3.8) is 0 Å². The zero-order valence-corrected chi connectivity index (χ0v) is 29.4. The fraction of sp³-hybridized carbons (Fsp3) is 0. The van der Waals surface area contributed by atoms with Gasteiger partial charge in [-0.1, -0.05) is 115 Å². The molecule has 0 amide bonds. The van der Waals surface area contributed by atoms with E-state index in [0.717, 1.165) is 5.69 Å². The summed E-state index contributed by atoms with van der Waals surface area (Å²) in [5.41, 5.74) is 17.4. The number of aromatic nitrogens is 2. The van der Waals surface area contributed by atoms with Crippen molar-refractivity contribution in [2.24, 2.45) is 0 Å². The van der Waals surface area contributed by atoms with Crippen molar-refractivity contribution < 1.29 is 0 Å². The quantitative estimate of drug-likeness (QED) is 0.175. The number of fused-ring (bicyclic) bond motifs is 9.